The van der Waals surface area contributed by atoms with Gasteiger partial charge in [-0.05, 0) is 55.3 Å². The Kier molecular flexibility index (Phi) is 3.42. The SMILES string of the molecule is CC1=CC[C@H]2C(C)(C)CCC[C@]2(C)[C@H]1CCO. The molecule has 0 spiro atoms. The average molecular weight is 236 g/mol. The van der Waals surface area contributed by atoms with Crippen molar-refractivity contribution < 1.29 is 5.11 Å². The highest BCUT2D eigenvalue weighted by Crippen LogP contribution is 2.60. The molecule has 0 heterocycles. The lowest BCUT2D eigenvalue weighted by molar-refractivity contribution is -0.0425. The van der Waals surface area contributed by atoms with Crippen LogP contribution in [0.3, 0.4) is 0 Å². The first-order chi connectivity index (χ1) is 7.92. The lowest BCUT2D eigenvalue weighted by Gasteiger charge is -2.56. The van der Waals surface area contributed by atoms with Crippen molar-refractivity contribution in [1.82, 2.24) is 0 Å². The highest BCUT2D eigenvalue weighted by atomic mass is 16.3. The fourth-order valence-electron chi connectivity index (χ4n) is 4.82. The number of aliphatic hydroxyl groups is 1. The van der Waals surface area contributed by atoms with Crippen LogP contribution in [-0.4, -0.2) is 11.7 Å². The van der Waals surface area contributed by atoms with Crippen LogP contribution < -0.4 is 0 Å². The molecule has 2 aliphatic carbocycles. The Hall–Kier alpha value is -0.300. The minimum Gasteiger partial charge on any atom is -0.396 e. The third kappa shape index (κ3) is 2.07. The van der Waals surface area contributed by atoms with Crippen molar-refractivity contribution in [2.24, 2.45) is 22.7 Å². The summed E-state index contributed by atoms with van der Waals surface area (Å²) in [6.07, 6.45) is 8.71. The summed E-state index contributed by atoms with van der Waals surface area (Å²) in [7, 11) is 0. The largest absolute Gasteiger partial charge is 0.396 e. The first-order valence-corrected chi connectivity index (χ1v) is 7.19. The van der Waals surface area contributed by atoms with Gasteiger partial charge in [-0.25, -0.2) is 0 Å². The molecule has 98 valence electrons. The minimum absolute atomic E-state index is 0.332. The van der Waals surface area contributed by atoms with Crippen LogP contribution in [0, 0.1) is 22.7 Å². The van der Waals surface area contributed by atoms with Gasteiger partial charge >= 0.3 is 0 Å². The van der Waals surface area contributed by atoms with E-state index in [-0.39, 0.29) is 0 Å². The van der Waals surface area contributed by atoms with Crippen molar-refractivity contribution in [3.63, 3.8) is 0 Å². The summed E-state index contributed by atoms with van der Waals surface area (Å²) < 4.78 is 0. The maximum atomic E-state index is 9.34. The molecule has 0 saturated heterocycles. The zero-order valence-electron chi connectivity index (χ0n) is 11.9. The number of hydrogen-bond acceptors (Lipinski definition) is 1. The summed E-state index contributed by atoms with van der Waals surface area (Å²) in [5, 5.41) is 9.34. The smallest absolute Gasteiger partial charge is 0.0436 e. The fraction of sp³-hybridized carbons (Fsp3) is 0.875. The first kappa shape index (κ1) is 13.1. The van der Waals surface area contributed by atoms with E-state index in [2.05, 4.69) is 33.8 Å². The summed E-state index contributed by atoms with van der Waals surface area (Å²) in [5.74, 6) is 1.40. The molecule has 0 aromatic carbocycles. The van der Waals surface area contributed by atoms with Crippen LogP contribution >= 0.6 is 0 Å². The van der Waals surface area contributed by atoms with Gasteiger partial charge in [0, 0.05) is 6.61 Å². The van der Waals surface area contributed by atoms with Gasteiger partial charge in [-0.1, -0.05) is 38.8 Å². The Morgan fingerprint density at radius 2 is 2.00 bits per heavy atom. The third-order valence-corrected chi connectivity index (χ3v) is 5.71. The van der Waals surface area contributed by atoms with E-state index >= 15 is 0 Å². The molecule has 17 heavy (non-hydrogen) atoms. The average Bonchev–Trinajstić information content (AvgIpc) is 2.22. The Balaban J connectivity index is 2.35. The van der Waals surface area contributed by atoms with E-state index in [4.69, 9.17) is 0 Å². The standard InChI is InChI=1S/C16H28O/c1-12-6-7-14-15(2,3)9-5-10-16(14,4)13(12)8-11-17/h6,13-14,17H,5,7-11H2,1-4H3/t13-,14-,16+/m0/s1. The molecule has 1 nitrogen and oxygen atoms in total. The summed E-state index contributed by atoms with van der Waals surface area (Å²) in [6.45, 7) is 9.97. The van der Waals surface area contributed by atoms with E-state index in [0.717, 1.165) is 12.3 Å². The van der Waals surface area contributed by atoms with Crippen molar-refractivity contribution in [3.05, 3.63) is 11.6 Å². The molecule has 1 N–H and O–H groups in total. The van der Waals surface area contributed by atoms with Gasteiger partial charge in [0.2, 0.25) is 0 Å². The van der Waals surface area contributed by atoms with Crippen LogP contribution in [0.4, 0.5) is 0 Å². The molecule has 0 unspecified atom stereocenters. The van der Waals surface area contributed by atoms with Gasteiger partial charge in [0.15, 0.2) is 0 Å². The quantitative estimate of drug-likeness (QED) is 0.714. The molecule has 0 aromatic heterocycles. The normalized spacial score (nSPS) is 40.6. The number of aliphatic hydroxyl groups excluding tert-OH is 1. The van der Waals surface area contributed by atoms with Crippen LogP contribution in [-0.2, 0) is 0 Å². The molecule has 1 heteroatoms. The summed E-state index contributed by atoms with van der Waals surface area (Å²) in [4.78, 5) is 0. The minimum atomic E-state index is 0.332. The van der Waals surface area contributed by atoms with Crippen LogP contribution in [0.1, 0.15) is 59.8 Å². The molecule has 2 aliphatic rings. The van der Waals surface area contributed by atoms with E-state index < -0.39 is 0 Å². The van der Waals surface area contributed by atoms with Crippen molar-refractivity contribution in [3.8, 4) is 0 Å². The molecular formula is C16H28O. The Morgan fingerprint density at radius 3 is 2.65 bits per heavy atom. The molecular weight excluding hydrogens is 208 g/mol. The molecule has 0 amide bonds. The van der Waals surface area contributed by atoms with Crippen molar-refractivity contribution >= 4 is 0 Å². The predicted octanol–water partition coefficient (Wildman–Crippen LogP) is 4.17. The number of fused-ring (bicyclic) bond motifs is 1. The number of hydrogen-bond donors (Lipinski definition) is 1. The molecule has 1 saturated carbocycles. The molecule has 0 radical (unpaired) electrons. The van der Waals surface area contributed by atoms with E-state index in [1.807, 2.05) is 0 Å². The Labute approximate surface area is 106 Å². The topological polar surface area (TPSA) is 20.2 Å². The maximum absolute atomic E-state index is 9.34. The van der Waals surface area contributed by atoms with Crippen LogP contribution in [0.2, 0.25) is 0 Å². The molecule has 1 fully saturated rings. The lowest BCUT2D eigenvalue weighted by Crippen LogP contribution is -2.48. The lowest BCUT2D eigenvalue weighted by atomic mass is 9.48. The zero-order chi connectivity index (χ0) is 12.7. The van der Waals surface area contributed by atoms with E-state index in [1.54, 1.807) is 0 Å². The van der Waals surface area contributed by atoms with E-state index in [9.17, 15) is 5.11 Å². The van der Waals surface area contributed by atoms with Crippen LogP contribution in [0.15, 0.2) is 11.6 Å². The first-order valence-electron chi connectivity index (χ1n) is 7.19. The second-order valence-corrected chi connectivity index (χ2v) is 7.15. The van der Waals surface area contributed by atoms with Gasteiger partial charge in [-0.2, -0.15) is 0 Å². The Bertz CT molecular complexity index is 315. The van der Waals surface area contributed by atoms with Crippen molar-refractivity contribution in [1.29, 1.82) is 0 Å². The van der Waals surface area contributed by atoms with Crippen molar-refractivity contribution in [2.75, 3.05) is 6.61 Å². The fourth-order valence-corrected chi connectivity index (χ4v) is 4.82. The molecule has 2 rings (SSSR count). The highest BCUT2D eigenvalue weighted by Gasteiger charge is 2.51. The zero-order valence-corrected chi connectivity index (χ0v) is 11.9. The predicted molar refractivity (Wildman–Crippen MR) is 72.8 cm³/mol. The van der Waals surface area contributed by atoms with Gasteiger partial charge < -0.3 is 5.11 Å². The second kappa shape index (κ2) is 4.42. The summed E-state index contributed by atoms with van der Waals surface area (Å²) >= 11 is 0. The van der Waals surface area contributed by atoms with Crippen molar-refractivity contribution in [2.45, 2.75) is 59.8 Å². The maximum Gasteiger partial charge on any atom is 0.0436 e. The third-order valence-electron chi connectivity index (χ3n) is 5.71. The van der Waals surface area contributed by atoms with E-state index in [0.29, 0.717) is 23.4 Å². The number of allylic oxidation sites excluding steroid dienone is 2. The summed E-state index contributed by atoms with van der Waals surface area (Å²) in [6, 6.07) is 0. The van der Waals surface area contributed by atoms with Gasteiger partial charge in [0.05, 0.1) is 0 Å². The van der Waals surface area contributed by atoms with Gasteiger partial charge in [-0.3, -0.25) is 0 Å². The van der Waals surface area contributed by atoms with E-state index in [1.165, 1.54) is 31.3 Å². The summed E-state index contributed by atoms with van der Waals surface area (Å²) in [5.41, 5.74) is 2.41. The van der Waals surface area contributed by atoms with Crippen LogP contribution in [0.5, 0.6) is 0 Å². The molecule has 0 aromatic rings. The molecule has 3 atom stereocenters. The second-order valence-electron chi connectivity index (χ2n) is 7.15. The molecule has 0 aliphatic heterocycles. The van der Waals surface area contributed by atoms with Gasteiger partial charge in [0.1, 0.15) is 0 Å². The van der Waals surface area contributed by atoms with Gasteiger partial charge in [-0.15, -0.1) is 0 Å². The van der Waals surface area contributed by atoms with Crippen LogP contribution in [0.25, 0.3) is 0 Å². The highest BCUT2D eigenvalue weighted by molar-refractivity contribution is 5.18. The van der Waals surface area contributed by atoms with Gasteiger partial charge in [0.25, 0.3) is 0 Å². The Morgan fingerprint density at radius 1 is 1.29 bits per heavy atom. The molecule has 0 bridgehead atoms. The number of rotatable bonds is 2. The monoisotopic (exact) mass is 236 g/mol.